The second-order valence-electron chi connectivity index (χ2n) is 10.0. The fourth-order valence-electron chi connectivity index (χ4n) is 5.74. The molecular weight excluding hydrogens is 440 g/mol. The second kappa shape index (κ2) is 11.3. The lowest BCUT2D eigenvalue weighted by molar-refractivity contribution is 0.0927. The average Bonchev–Trinajstić information content (AvgIpc) is 3.59. The van der Waals surface area contributed by atoms with Crippen LogP contribution >= 0.6 is 0 Å². The van der Waals surface area contributed by atoms with E-state index in [1.54, 1.807) is 23.8 Å². The van der Waals surface area contributed by atoms with Gasteiger partial charge in [0.2, 0.25) is 6.79 Å². The highest BCUT2D eigenvalue weighted by Crippen LogP contribution is 2.37. The fraction of sp³-hybridized carbons (Fsp3) is 0.552. The van der Waals surface area contributed by atoms with Gasteiger partial charge >= 0.3 is 0 Å². The van der Waals surface area contributed by atoms with E-state index in [2.05, 4.69) is 35.3 Å². The quantitative estimate of drug-likeness (QED) is 0.622. The molecule has 2 fully saturated rings. The minimum absolute atomic E-state index is 0. The zero-order valence-electron chi connectivity index (χ0n) is 20.9. The van der Waals surface area contributed by atoms with Crippen LogP contribution in [-0.2, 0) is 6.42 Å². The molecule has 3 heterocycles. The van der Waals surface area contributed by atoms with E-state index < -0.39 is 0 Å². The summed E-state index contributed by atoms with van der Waals surface area (Å²) < 4.78 is 16.2. The first kappa shape index (κ1) is 24.0. The summed E-state index contributed by atoms with van der Waals surface area (Å²) in [6.45, 7) is 7.08. The number of hydrogen-bond donors (Lipinski definition) is 1. The van der Waals surface area contributed by atoms with E-state index in [4.69, 9.17) is 14.2 Å². The van der Waals surface area contributed by atoms with Crippen molar-refractivity contribution in [3.63, 3.8) is 0 Å². The number of amides is 1. The molecule has 3 aliphatic heterocycles. The van der Waals surface area contributed by atoms with E-state index in [9.17, 15) is 4.79 Å². The van der Waals surface area contributed by atoms with Gasteiger partial charge in [0, 0.05) is 25.0 Å². The van der Waals surface area contributed by atoms with Gasteiger partial charge in [-0.2, -0.15) is 0 Å². The first-order chi connectivity index (χ1) is 17.2. The standard InChI is InChI=1S/C15H21NO.C14H17NO3.H2/c1-2-16-9-6-12(7-10-16)13-4-3-5-15-14(13)8-11-17-15;16-14(15-11-4-2-1-3-5-11)10-6-7-12-13(8-10)18-9-17-12;/h3-5,12H,2,6-11H2,1H3;6-8,11H,1-5,9H2,(H,15,16);1H. The van der Waals surface area contributed by atoms with E-state index >= 15 is 0 Å². The maximum Gasteiger partial charge on any atom is 0.251 e. The molecule has 0 spiro atoms. The van der Waals surface area contributed by atoms with Crippen molar-refractivity contribution in [2.45, 2.75) is 70.3 Å². The Labute approximate surface area is 210 Å². The van der Waals surface area contributed by atoms with Crippen LogP contribution in [0, 0.1) is 0 Å². The van der Waals surface area contributed by atoms with Crippen LogP contribution < -0.4 is 19.5 Å². The highest BCUT2D eigenvalue weighted by molar-refractivity contribution is 5.95. The summed E-state index contributed by atoms with van der Waals surface area (Å²) in [5.41, 5.74) is 3.70. The molecule has 35 heavy (non-hydrogen) atoms. The van der Waals surface area contributed by atoms with Crippen molar-refractivity contribution in [1.82, 2.24) is 10.2 Å². The maximum absolute atomic E-state index is 12.1. The summed E-state index contributed by atoms with van der Waals surface area (Å²) in [6.07, 6.45) is 9.63. The first-order valence-electron chi connectivity index (χ1n) is 13.4. The zero-order valence-corrected chi connectivity index (χ0v) is 20.9. The Morgan fingerprint density at radius 3 is 2.57 bits per heavy atom. The monoisotopic (exact) mass is 480 g/mol. The Balaban J connectivity index is 0.000000165. The molecule has 0 unspecified atom stereocenters. The minimum Gasteiger partial charge on any atom is -0.493 e. The molecule has 6 nitrogen and oxygen atoms in total. The van der Waals surface area contributed by atoms with Gasteiger partial charge < -0.3 is 24.4 Å². The lowest BCUT2D eigenvalue weighted by Gasteiger charge is -2.32. The Morgan fingerprint density at radius 2 is 1.77 bits per heavy atom. The molecule has 6 rings (SSSR count). The van der Waals surface area contributed by atoms with Crippen molar-refractivity contribution in [1.29, 1.82) is 0 Å². The third-order valence-electron chi connectivity index (χ3n) is 7.83. The van der Waals surface area contributed by atoms with Crippen molar-refractivity contribution in [2.75, 3.05) is 33.0 Å². The van der Waals surface area contributed by atoms with Crippen LogP contribution in [0.2, 0.25) is 0 Å². The normalized spacial score (nSPS) is 19.9. The number of fused-ring (bicyclic) bond motifs is 2. The van der Waals surface area contributed by atoms with E-state index in [0.717, 1.165) is 37.5 Å². The van der Waals surface area contributed by atoms with E-state index in [1.807, 2.05) is 0 Å². The van der Waals surface area contributed by atoms with Crippen LogP contribution in [0.1, 0.15) is 80.7 Å². The molecule has 0 radical (unpaired) electrons. The topological polar surface area (TPSA) is 60.0 Å². The third kappa shape index (κ3) is 5.75. The second-order valence-corrected chi connectivity index (χ2v) is 10.0. The van der Waals surface area contributed by atoms with E-state index in [1.165, 1.54) is 57.3 Å². The van der Waals surface area contributed by atoms with Crippen LogP contribution in [0.25, 0.3) is 0 Å². The summed E-state index contributed by atoms with van der Waals surface area (Å²) in [5.74, 6) is 3.26. The average molecular weight is 481 g/mol. The number of piperidine rings is 1. The van der Waals surface area contributed by atoms with Crippen LogP contribution in [0.15, 0.2) is 36.4 Å². The highest BCUT2D eigenvalue weighted by Gasteiger charge is 2.25. The molecule has 190 valence electrons. The van der Waals surface area contributed by atoms with E-state index in [0.29, 0.717) is 23.1 Å². The Hall–Kier alpha value is -2.73. The molecule has 2 aromatic carbocycles. The molecule has 0 bridgehead atoms. The SMILES string of the molecule is CCN1CCC(c2cccc3c2CCO3)CC1.O=C(NC1CCCCC1)c1ccc2c(c1)OCO2.[HH]. The van der Waals surface area contributed by atoms with Gasteiger partial charge in [-0.1, -0.05) is 38.3 Å². The highest BCUT2D eigenvalue weighted by atomic mass is 16.7. The summed E-state index contributed by atoms with van der Waals surface area (Å²) in [4.78, 5) is 14.7. The Bertz CT molecular complexity index is 1020. The smallest absolute Gasteiger partial charge is 0.251 e. The number of nitrogens with zero attached hydrogens (tertiary/aromatic N) is 1. The van der Waals surface area contributed by atoms with E-state index in [-0.39, 0.29) is 14.1 Å². The summed E-state index contributed by atoms with van der Waals surface area (Å²) in [7, 11) is 0. The number of likely N-dealkylation sites (tertiary alicyclic amines) is 1. The van der Waals surface area contributed by atoms with Crippen LogP contribution in [0.5, 0.6) is 17.2 Å². The van der Waals surface area contributed by atoms with Gasteiger partial charge in [-0.15, -0.1) is 0 Å². The Kier molecular flexibility index (Phi) is 7.77. The number of benzene rings is 2. The molecule has 1 N–H and O–H groups in total. The number of hydrogen-bond acceptors (Lipinski definition) is 5. The number of rotatable bonds is 4. The molecule has 6 heteroatoms. The molecule has 0 atom stereocenters. The van der Waals surface area contributed by atoms with Gasteiger partial charge in [-0.05, 0) is 81.1 Å². The van der Waals surface area contributed by atoms with Crippen molar-refractivity contribution >= 4 is 5.91 Å². The van der Waals surface area contributed by atoms with Crippen molar-refractivity contribution in [3.05, 3.63) is 53.1 Å². The first-order valence-corrected chi connectivity index (χ1v) is 13.4. The van der Waals surface area contributed by atoms with Crippen LogP contribution in [-0.4, -0.2) is 49.9 Å². The van der Waals surface area contributed by atoms with Gasteiger partial charge in [0.25, 0.3) is 5.91 Å². The predicted molar refractivity (Wildman–Crippen MR) is 139 cm³/mol. The number of carbonyl (C=O) groups is 1. The summed E-state index contributed by atoms with van der Waals surface area (Å²) in [6, 6.07) is 12.2. The van der Waals surface area contributed by atoms with Crippen LogP contribution in [0.4, 0.5) is 0 Å². The Morgan fingerprint density at radius 1 is 0.971 bits per heavy atom. The van der Waals surface area contributed by atoms with Gasteiger partial charge in [0.05, 0.1) is 6.61 Å². The van der Waals surface area contributed by atoms with Crippen LogP contribution in [0.3, 0.4) is 0 Å². The van der Waals surface area contributed by atoms with Gasteiger partial charge in [0.1, 0.15) is 5.75 Å². The summed E-state index contributed by atoms with van der Waals surface area (Å²) in [5, 5.41) is 3.09. The largest absolute Gasteiger partial charge is 0.493 e. The molecule has 4 aliphatic rings. The lowest BCUT2D eigenvalue weighted by atomic mass is 9.86. The maximum atomic E-state index is 12.1. The van der Waals surface area contributed by atoms with Gasteiger partial charge in [-0.25, -0.2) is 0 Å². The van der Waals surface area contributed by atoms with Crippen molar-refractivity contribution in [3.8, 4) is 17.2 Å². The molecule has 1 aliphatic carbocycles. The van der Waals surface area contributed by atoms with Gasteiger partial charge in [0.15, 0.2) is 11.5 Å². The van der Waals surface area contributed by atoms with Crippen molar-refractivity contribution in [2.24, 2.45) is 0 Å². The molecule has 2 aromatic rings. The molecule has 1 saturated heterocycles. The lowest BCUT2D eigenvalue weighted by Crippen LogP contribution is -2.36. The fourth-order valence-corrected chi connectivity index (χ4v) is 5.74. The molecular formula is C29H40N2O4. The molecule has 1 amide bonds. The van der Waals surface area contributed by atoms with Crippen molar-refractivity contribution < 1.29 is 20.4 Å². The minimum atomic E-state index is -0.0137. The van der Waals surface area contributed by atoms with Gasteiger partial charge in [-0.3, -0.25) is 4.79 Å². The zero-order chi connectivity index (χ0) is 24.0. The number of carbonyl (C=O) groups excluding carboxylic acids is 1. The molecule has 0 aromatic heterocycles. The third-order valence-corrected chi connectivity index (χ3v) is 7.83. The number of ether oxygens (including phenoxy) is 3. The predicted octanol–water partition coefficient (Wildman–Crippen LogP) is 5.54. The molecule has 1 saturated carbocycles. The summed E-state index contributed by atoms with van der Waals surface area (Å²) >= 11 is 0. The number of nitrogens with one attached hydrogen (secondary N) is 1.